The van der Waals surface area contributed by atoms with Crippen LogP contribution in [0.25, 0.3) is 0 Å². The molecule has 1 fully saturated rings. The Balaban J connectivity index is 1.76. The number of benzene rings is 1. The number of anilines is 2. The van der Waals surface area contributed by atoms with E-state index in [9.17, 15) is 4.79 Å². The number of carbonyl (C=O) groups excluding carboxylic acids is 1. The summed E-state index contributed by atoms with van der Waals surface area (Å²) in [6, 6.07) is 14.1. The third-order valence-electron chi connectivity index (χ3n) is 5.35. The van der Waals surface area contributed by atoms with E-state index in [4.69, 9.17) is 12.2 Å². The molecule has 0 saturated carbocycles. The summed E-state index contributed by atoms with van der Waals surface area (Å²) in [5.74, 6) is 0.00603. The molecule has 5 nitrogen and oxygen atoms in total. The van der Waals surface area contributed by atoms with Gasteiger partial charge in [-0.1, -0.05) is 13.0 Å². The predicted octanol–water partition coefficient (Wildman–Crippen LogP) is 5.29. The van der Waals surface area contributed by atoms with Gasteiger partial charge >= 0.3 is 0 Å². The number of nitrogens with one attached hydrogen (secondary N) is 2. The molecule has 0 radical (unpaired) electrons. The van der Waals surface area contributed by atoms with Crippen LogP contribution >= 0.6 is 23.6 Å². The van der Waals surface area contributed by atoms with Crippen molar-refractivity contribution in [3.05, 3.63) is 75.7 Å². The Morgan fingerprint density at radius 3 is 2.70 bits per heavy atom. The fourth-order valence-corrected chi connectivity index (χ4v) is 5.16. The monoisotopic (exact) mass is 436 g/mol. The van der Waals surface area contributed by atoms with Gasteiger partial charge in [0, 0.05) is 28.9 Å². The van der Waals surface area contributed by atoms with Crippen LogP contribution in [0.15, 0.2) is 54.0 Å². The van der Waals surface area contributed by atoms with Crippen LogP contribution in [0.4, 0.5) is 11.4 Å². The summed E-state index contributed by atoms with van der Waals surface area (Å²) in [5.41, 5.74) is 5.03. The van der Waals surface area contributed by atoms with Crippen LogP contribution in [0.5, 0.6) is 0 Å². The van der Waals surface area contributed by atoms with E-state index in [1.165, 1.54) is 10.4 Å². The standard InChI is InChI=1S/C23H24N4OS2/c1-4-19(28)25-17-9-8-16(13-15(17)3)27-21(22-14(2)10-12-30-22)20(26-23(27)29)18-7-5-6-11-24-18/h5-13,20-21H,4H2,1-3H3,(H,25,28)(H,26,29)/t20-,21-/m0/s1. The van der Waals surface area contributed by atoms with Crippen molar-refractivity contribution in [2.45, 2.75) is 39.3 Å². The average molecular weight is 437 g/mol. The zero-order valence-electron chi connectivity index (χ0n) is 17.2. The number of rotatable bonds is 5. The molecular weight excluding hydrogens is 412 g/mol. The molecule has 2 N–H and O–H groups in total. The van der Waals surface area contributed by atoms with Crippen molar-refractivity contribution in [3.8, 4) is 0 Å². The minimum atomic E-state index is -0.0455. The number of thiocarbonyl (C=S) groups is 1. The van der Waals surface area contributed by atoms with Crippen LogP contribution in [-0.4, -0.2) is 16.0 Å². The largest absolute Gasteiger partial charge is 0.351 e. The molecule has 0 unspecified atom stereocenters. The molecule has 154 valence electrons. The lowest BCUT2D eigenvalue weighted by Crippen LogP contribution is -2.29. The summed E-state index contributed by atoms with van der Waals surface area (Å²) in [6.07, 6.45) is 2.27. The molecule has 2 atom stereocenters. The van der Waals surface area contributed by atoms with Crippen molar-refractivity contribution in [2.75, 3.05) is 10.2 Å². The van der Waals surface area contributed by atoms with Crippen LogP contribution in [0, 0.1) is 13.8 Å². The molecule has 0 spiro atoms. The molecule has 3 aromatic rings. The number of carbonyl (C=O) groups is 1. The molecular formula is C23H24N4OS2. The van der Waals surface area contributed by atoms with Gasteiger partial charge in [-0.05, 0) is 79.0 Å². The van der Waals surface area contributed by atoms with E-state index in [1.54, 1.807) is 11.3 Å². The van der Waals surface area contributed by atoms with Gasteiger partial charge in [0.15, 0.2) is 5.11 Å². The predicted molar refractivity (Wildman–Crippen MR) is 127 cm³/mol. The third-order valence-corrected chi connectivity index (χ3v) is 6.76. The highest BCUT2D eigenvalue weighted by molar-refractivity contribution is 7.80. The summed E-state index contributed by atoms with van der Waals surface area (Å²) in [6.45, 7) is 5.98. The number of thiophene rings is 1. The quantitative estimate of drug-likeness (QED) is 0.533. The number of hydrogen-bond acceptors (Lipinski definition) is 4. The summed E-state index contributed by atoms with van der Waals surface area (Å²) in [5, 5.41) is 9.24. The van der Waals surface area contributed by atoms with E-state index < -0.39 is 0 Å². The second-order valence-electron chi connectivity index (χ2n) is 7.37. The van der Waals surface area contributed by atoms with Crippen molar-refractivity contribution in [2.24, 2.45) is 0 Å². The van der Waals surface area contributed by atoms with Crippen LogP contribution in [-0.2, 0) is 4.79 Å². The first kappa shape index (κ1) is 20.5. The summed E-state index contributed by atoms with van der Waals surface area (Å²) < 4.78 is 0. The maximum atomic E-state index is 11.8. The Bertz CT molecular complexity index is 1080. The highest BCUT2D eigenvalue weighted by Crippen LogP contribution is 2.44. The number of amides is 1. The van der Waals surface area contributed by atoms with E-state index in [0.717, 1.165) is 22.6 Å². The first-order valence-electron chi connectivity index (χ1n) is 9.94. The number of nitrogens with zero attached hydrogens (tertiary/aromatic N) is 2. The molecule has 1 amide bonds. The molecule has 1 aromatic carbocycles. The molecule has 1 saturated heterocycles. The van der Waals surface area contributed by atoms with Crippen molar-refractivity contribution in [3.63, 3.8) is 0 Å². The smallest absolute Gasteiger partial charge is 0.224 e. The highest BCUT2D eigenvalue weighted by atomic mass is 32.1. The molecule has 1 aliphatic heterocycles. The third kappa shape index (κ3) is 3.82. The fraction of sp³-hybridized carbons (Fsp3) is 0.261. The number of pyridine rings is 1. The first-order chi connectivity index (χ1) is 14.5. The summed E-state index contributed by atoms with van der Waals surface area (Å²) in [7, 11) is 0. The van der Waals surface area contributed by atoms with Gasteiger partial charge in [0.1, 0.15) is 0 Å². The second-order valence-corrected chi connectivity index (χ2v) is 8.70. The Morgan fingerprint density at radius 2 is 2.07 bits per heavy atom. The average Bonchev–Trinajstić information content (AvgIpc) is 3.32. The number of aromatic nitrogens is 1. The molecule has 0 bridgehead atoms. The zero-order valence-corrected chi connectivity index (χ0v) is 18.8. The van der Waals surface area contributed by atoms with Gasteiger partial charge in [-0.3, -0.25) is 9.78 Å². The van der Waals surface area contributed by atoms with Crippen LogP contribution in [0.3, 0.4) is 0 Å². The van der Waals surface area contributed by atoms with E-state index >= 15 is 0 Å². The molecule has 1 aliphatic rings. The lowest BCUT2D eigenvalue weighted by atomic mass is 10.00. The van der Waals surface area contributed by atoms with E-state index in [2.05, 4.69) is 45.0 Å². The Labute approximate surface area is 186 Å². The van der Waals surface area contributed by atoms with Crippen LogP contribution in [0.2, 0.25) is 0 Å². The number of aryl methyl sites for hydroxylation is 2. The minimum Gasteiger partial charge on any atom is -0.351 e. The van der Waals surface area contributed by atoms with Crippen LogP contribution < -0.4 is 15.5 Å². The molecule has 7 heteroatoms. The van der Waals surface area contributed by atoms with E-state index in [0.29, 0.717) is 11.5 Å². The molecule has 2 aromatic heterocycles. The Hall–Kier alpha value is -2.77. The van der Waals surface area contributed by atoms with Crippen molar-refractivity contribution < 1.29 is 4.79 Å². The van der Waals surface area contributed by atoms with Gasteiger partial charge in [-0.15, -0.1) is 11.3 Å². The Kier molecular flexibility index (Phi) is 5.83. The maximum absolute atomic E-state index is 11.8. The fourth-order valence-electron chi connectivity index (χ4n) is 3.76. The van der Waals surface area contributed by atoms with Gasteiger partial charge in [-0.25, -0.2) is 0 Å². The summed E-state index contributed by atoms with van der Waals surface area (Å²) >= 11 is 7.52. The van der Waals surface area contributed by atoms with Gasteiger partial charge in [0.05, 0.1) is 17.8 Å². The highest BCUT2D eigenvalue weighted by Gasteiger charge is 2.42. The Morgan fingerprint density at radius 1 is 1.23 bits per heavy atom. The number of hydrogen-bond donors (Lipinski definition) is 2. The lowest BCUT2D eigenvalue weighted by Gasteiger charge is -2.28. The topological polar surface area (TPSA) is 57.3 Å². The van der Waals surface area contributed by atoms with Crippen molar-refractivity contribution in [1.82, 2.24) is 10.3 Å². The van der Waals surface area contributed by atoms with Gasteiger partial charge in [-0.2, -0.15) is 0 Å². The van der Waals surface area contributed by atoms with Gasteiger partial charge < -0.3 is 15.5 Å². The molecule has 30 heavy (non-hydrogen) atoms. The maximum Gasteiger partial charge on any atom is 0.224 e. The zero-order chi connectivity index (χ0) is 21.3. The normalized spacial score (nSPS) is 18.4. The van der Waals surface area contributed by atoms with Crippen LogP contribution in [0.1, 0.15) is 47.1 Å². The van der Waals surface area contributed by atoms with E-state index in [-0.39, 0.29) is 18.0 Å². The van der Waals surface area contributed by atoms with E-state index in [1.807, 2.05) is 50.4 Å². The SMILES string of the molecule is CCC(=O)Nc1ccc(N2C(=S)N[C@@H](c3ccccn3)[C@H]2c2sccc2C)cc1C. The lowest BCUT2D eigenvalue weighted by molar-refractivity contribution is -0.115. The van der Waals surface area contributed by atoms with Gasteiger partial charge in [0.2, 0.25) is 5.91 Å². The molecule has 4 rings (SSSR count). The molecule has 3 heterocycles. The molecule has 0 aliphatic carbocycles. The summed E-state index contributed by atoms with van der Waals surface area (Å²) in [4.78, 5) is 19.8. The second kappa shape index (κ2) is 8.53. The van der Waals surface area contributed by atoms with Crippen molar-refractivity contribution in [1.29, 1.82) is 0 Å². The minimum absolute atomic E-state index is 0.00267. The first-order valence-corrected chi connectivity index (χ1v) is 11.2. The van der Waals surface area contributed by atoms with Gasteiger partial charge in [0.25, 0.3) is 0 Å². The van der Waals surface area contributed by atoms with Crippen molar-refractivity contribution >= 4 is 45.9 Å².